The van der Waals surface area contributed by atoms with Crippen LogP contribution in [0.3, 0.4) is 0 Å². The van der Waals surface area contributed by atoms with Crippen LogP contribution in [0.5, 0.6) is 23.0 Å². The molecule has 3 aromatic rings. The molecule has 0 atom stereocenters. The van der Waals surface area contributed by atoms with Crippen molar-refractivity contribution in [3.05, 3.63) is 65.0 Å². The van der Waals surface area contributed by atoms with E-state index >= 15 is 0 Å². The summed E-state index contributed by atoms with van der Waals surface area (Å²) in [6, 6.07) is 10.7. The summed E-state index contributed by atoms with van der Waals surface area (Å²) in [6.45, 7) is 0. The molecule has 0 saturated heterocycles. The van der Waals surface area contributed by atoms with Crippen molar-refractivity contribution in [2.45, 2.75) is 0 Å². The van der Waals surface area contributed by atoms with E-state index in [0.29, 0.717) is 22.6 Å². The maximum absolute atomic E-state index is 9.46. The van der Waals surface area contributed by atoms with Gasteiger partial charge >= 0.3 is 0 Å². The monoisotopic (exact) mass is 337 g/mol. The lowest BCUT2D eigenvalue weighted by molar-refractivity contribution is 0.403. The molecule has 6 heteroatoms. The summed E-state index contributed by atoms with van der Waals surface area (Å²) >= 11 is 0. The van der Waals surface area contributed by atoms with Crippen molar-refractivity contribution >= 4 is 24.3 Å². The van der Waals surface area contributed by atoms with Crippen molar-refractivity contribution in [3.8, 4) is 23.0 Å². The Bertz CT molecular complexity index is 880. The molecule has 0 aliphatic heterocycles. The highest BCUT2D eigenvalue weighted by Gasteiger charge is 2.01. The summed E-state index contributed by atoms with van der Waals surface area (Å²) < 4.78 is 5.18. The van der Waals surface area contributed by atoms with Crippen LogP contribution in [0.2, 0.25) is 0 Å². The number of phenolic OH excluding ortho intramolecular Hbond substituents is 4. The predicted octanol–water partition coefficient (Wildman–Crippen LogP) is 3.84. The highest BCUT2D eigenvalue weighted by molar-refractivity contribution is 5.72. The average Bonchev–Trinajstić information content (AvgIpc) is 3.05. The standard InChI is InChI=1S/C19H15NO5/c21-16-7-3-12(9-18(16)23)1-5-14-11-15(25-20-14)6-2-13-4-8-17(22)19(24)10-13/h1-11,21-24H/b5-1+,6-2+. The molecule has 6 nitrogen and oxygen atoms in total. The van der Waals surface area contributed by atoms with E-state index in [1.54, 1.807) is 42.5 Å². The van der Waals surface area contributed by atoms with Gasteiger partial charge in [0.15, 0.2) is 28.8 Å². The number of hydrogen-bond acceptors (Lipinski definition) is 6. The number of hydrogen-bond donors (Lipinski definition) is 4. The molecule has 1 heterocycles. The van der Waals surface area contributed by atoms with Crippen LogP contribution < -0.4 is 0 Å². The molecule has 0 bridgehead atoms. The van der Waals surface area contributed by atoms with Crippen molar-refractivity contribution in [1.29, 1.82) is 0 Å². The van der Waals surface area contributed by atoms with Crippen molar-refractivity contribution in [2.75, 3.05) is 0 Å². The highest BCUT2D eigenvalue weighted by Crippen LogP contribution is 2.27. The Labute approximate surface area is 143 Å². The van der Waals surface area contributed by atoms with Crippen LogP contribution in [-0.4, -0.2) is 25.6 Å². The maximum atomic E-state index is 9.46. The first-order valence-electron chi connectivity index (χ1n) is 7.38. The van der Waals surface area contributed by atoms with E-state index in [9.17, 15) is 20.4 Å². The molecule has 0 aliphatic rings. The summed E-state index contributed by atoms with van der Waals surface area (Å²) in [5.41, 5.74) is 1.99. The zero-order chi connectivity index (χ0) is 17.8. The number of benzene rings is 2. The molecule has 0 fully saturated rings. The van der Waals surface area contributed by atoms with Crippen molar-refractivity contribution in [1.82, 2.24) is 5.16 Å². The molecule has 1 aromatic heterocycles. The first-order valence-corrected chi connectivity index (χ1v) is 7.38. The van der Waals surface area contributed by atoms with E-state index in [4.69, 9.17) is 4.52 Å². The summed E-state index contributed by atoms with van der Waals surface area (Å²) in [4.78, 5) is 0. The molecule has 126 valence electrons. The van der Waals surface area contributed by atoms with Gasteiger partial charge in [0.25, 0.3) is 0 Å². The molecular formula is C19H15NO5. The van der Waals surface area contributed by atoms with E-state index in [2.05, 4.69) is 5.16 Å². The number of aromatic nitrogens is 1. The van der Waals surface area contributed by atoms with Crippen LogP contribution in [0.25, 0.3) is 24.3 Å². The molecule has 0 radical (unpaired) electrons. The molecular weight excluding hydrogens is 322 g/mol. The lowest BCUT2D eigenvalue weighted by Crippen LogP contribution is -1.74. The van der Waals surface area contributed by atoms with Crippen molar-refractivity contribution in [2.24, 2.45) is 0 Å². The van der Waals surface area contributed by atoms with Gasteiger partial charge in [0.2, 0.25) is 0 Å². The average molecular weight is 337 g/mol. The van der Waals surface area contributed by atoms with Gasteiger partial charge in [0.1, 0.15) is 5.69 Å². The number of rotatable bonds is 4. The van der Waals surface area contributed by atoms with Gasteiger partial charge in [-0.05, 0) is 47.5 Å². The topological polar surface area (TPSA) is 107 Å². The molecule has 2 aromatic carbocycles. The molecule has 0 aliphatic carbocycles. The van der Waals surface area contributed by atoms with Crippen LogP contribution in [0.15, 0.2) is 47.0 Å². The van der Waals surface area contributed by atoms with E-state index < -0.39 is 0 Å². The lowest BCUT2D eigenvalue weighted by Gasteiger charge is -1.97. The van der Waals surface area contributed by atoms with Gasteiger partial charge in [-0.1, -0.05) is 29.4 Å². The third-order valence-corrected chi connectivity index (χ3v) is 3.43. The van der Waals surface area contributed by atoms with Crippen molar-refractivity contribution in [3.63, 3.8) is 0 Å². The Morgan fingerprint density at radius 3 is 1.76 bits per heavy atom. The minimum atomic E-state index is -0.194. The number of phenols is 4. The fourth-order valence-corrected chi connectivity index (χ4v) is 2.11. The van der Waals surface area contributed by atoms with E-state index in [0.717, 1.165) is 0 Å². The molecule has 4 N–H and O–H groups in total. The maximum Gasteiger partial charge on any atom is 0.160 e. The van der Waals surface area contributed by atoms with Gasteiger partial charge in [-0.15, -0.1) is 0 Å². The molecule has 0 unspecified atom stereocenters. The Morgan fingerprint density at radius 2 is 1.20 bits per heavy atom. The fourth-order valence-electron chi connectivity index (χ4n) is 2.11. The molecule has 3 rings (SSSR count). The van der Waals surface area contributed by atoms with Crippen molar-refractivity contribution < 1.29 is 24.9 Å². The van der Waals surface area contributed by atoms with Gasteiger partial charge in [-0.3, -0.25) is 0 Å². The smallest absolute Gasteiger partial charge is 0.160 e. The second-order valence-corrected chi connectivity index (χ2v) is 5.32. The first-order chi connectivity index (χ1) is 12.0. The minimum absolute atomic E-state index is 0.175. The van der Waals surface area contributed by atoms with Gasteiger partial charge in [0, 0.05) is 6.07 Å². The molecule has 0 saturated carbocycles. The largest absolute Gasteiger partial charge is 0.504 e. The summed E-state index contributed by atoms with van der Waals surface area (Å²) in [5, 5.41) is 41.4. The quantitative estimate of drug-likeness (QED) is 0.539. The van der Waals surface area contributed by atoms with Gasteiger partial charge in [0.05, 0.1) is 0 Å². The predicted molar refractivity (Wildman–Crippen MR) is 93.9 cm³/mol. The Hall–Kier alpha value is -3.67. The first kappa shape index (κ1) is 16.2. The normalized spacial score (nSPS) is 11.5. The zero-order valence-electron chi connectivity index (χ0n) is 13.0. The molecule has 0 spiro atoms. The molecule has 25 heavy (non-hydrogen) atoms. The van der Waals surface area contributed by atoms with E-state index in [-0.39, 0.29) is 23.0 Å². The van der Waals surface area contributed by atoms with Gasteiger partial charge in [-0.25, -0.2) is 0 Å². The molecule has 0 amide bonds. The number of nitrogens with zero attached hydrogens (tertiary/aromatic N) is 1. The second kappa shape index (κ2) is 6.84. The van der Waals surface area contributed by atoms with Crippen LogP contribution in [0, 0.1) is 0 Å². The van der Waals surface area contributed by atoms with E-state index in [1.165, 1.54) is 24.3 Å². The third kappa shape index (κ3) is 4.00. The SMILES string of the molecule is Oc1ccc(/C=C/c2cc(/C=C/c3ccc(O)c(O)c3)on2)cc1O. The van der Waals surface area contributed by atoms with Crippen LogP contribution in [0.1, 0.15) is 22.6 Å². The number of aromatic hydroxyl groups is 4. The lowest BCUT2D eigenvalue weighted by atomic mass is 10.1. The Balaban J connectivity index is 1.71. The third-order valence-electron chi connectivity index (χ3n) is 3.43. The van der Waals surface area contributed by atoms with Gasteiger partial charge < -0.3 is 24.9 Å². The summed E-state index contributed by atoms with van der Waals surface area (Å²) in [7, 11) is 0. The zero-order valence-corrected chi connectivity index (χ0v) is 13.0. The fraction of sp³-hybridized carbons (Fsp3) is 0. The van der Waals surface area contributed by atoms with E-state index in [1.807, 2.05) is 0 Å². The van der Waals surface area contributed by atoms with Crippen LogP contribution >= 0.6 is 0 Å². The minimum Gasteiger partial charge on any atom is -0.504 e. The van der Waals surface area contributed by atoms with Crippen LogP contribution in [-0.2, 0) is 0 Å². The van der Waals surface area contributed by atoms with Crippen LogP contribution in [0.4, 0.5) is 0 Å². The second-order valence-electron chi connectivity index (χ2n) is 5.32. The summed E-state index contributed by atoms with van der Waals surface area (Å²) in [5.74, 6) is -0.222. The van der Waals surface area contributed by atoms with Gasteiger partial charge in [-0.2, -0.15) is 0 Å². The highest BCUT2D eigenvalue weighted by atomic mass is 16.5. The summed E-state index contributed by atoms with van der Waals surface area (Å²) in [6.07, 6.45) is 6.83. The Kier molecular flexibility index (Phi) is 4.43. The Morgan fingerprint density at radius 1 is 0.640 bits per heavy atom.